The number of hydrogen-bond donors (Lipinski definition) is 4. The molecule has 4 aromatic rings. The number of β-amino-alcohol motifs (C(OH)–C–C–N with tert-alkyl or cyclic N) is 1. The molecule has 2 aromatic heterocycles. The molecule has 1 amide bonds. The minimum atomic E-state index is -0.671. The number of amides is 1. The zero-order valence-electron chi connectivity index (χ0n) is 23.2. The van der Waals surface area contributed by atoms with Crippen LogP contribution in [0.3, 0.4) is 0 Å². The van der Waals surface area contributed by atoms with Gasteiger partial charge in [0.1, 0.15) is 23.6 Å². The topological polar surface area (TPSA) is 114 Å². The lowest BCUT2D eigenvalue weighted by Crippen LogP contribution is -2.54. The van der Waals surface area contributed by atoms with Crippen molar-refractivity contribution in [3.63, 3.8) is 0 Å². The number of carbonyl (C=O) groups is 1. The van der Waals surface area contributed by atoms with E-state index in [1.807, 2.05) is 36.4 Å². The molecule has 10 heteroatoms. The van der Waals surface area contributed by atoms with Crippen LogP contribution in [0, 0.1) is 0 Å². The number of aliphatic hydroxyl groups excluding tert-OH is 2. The van der Waals surface area contributed by atoms with Crippen molar-refractivity contribution < 1.29 is 24.2 Å². The van der Waals surface area contributed by atoms with Gasteiger partial charge in [-0.25, -0.2) is 0 Å². The molecule has 0 radical (unpaired) electrons. The molecule has 9 nitrogen and oxygen atoms in total. The van der Waals surface area contributed by atoms with Gasteiger partial charge in [0.2, 0.25) is 0 Å². The molecule has 0 aliphatic carbocycles. The van der Waals surface area contributed by atoms with Gasteiger partial charge in [0.15, 0.2) is 0 Å². The van der Waals surface area contributed by atoms with Crippen molar-refractivity contribution in [1.29, 1.82) is 0 Å². The summed E-state index contributed by atoms with van der Waals surface area (Å²) in [7, 11) is 0. The quantitative estimate of drug-likeness (QED) is 0.247. The van der Waals surface area contributed by atoms with E-state index in [0.717, 1.165) is 66.5 Å². The van der Waals surface area contributed by atoms with E-state index >= 15 is 0 Å². The summed E-state index contributed by atoms with van der Waals surface area (Å²) in [6.07, 6.45) is 2.78. The number of rotatable bonds is 8. The zero-order valence-corrected chi connectivity index (χ0v) is 23.9. The number of likely N-dealkylation sites (tertiary alicyclic amines) is 2. The summed E-state index contributed by atoms with van der Waals surface area (Å²) in [6, 6.07) is 13.5. The third kappa shape index (κ3) is 6.24. The molecule has 0 saturated carbocycles. The van der Waals surface area contributed by atoms with E-state index in [-0.39, 0.29) is 11.9 Å². The number of aromatic nitrogens is 1. The van der Waals surface area contributed by atoms with Crippen molar-refractivity contribution in [2.24, 2.45) is 0 Å². The van der Waals surface area contributed by atoms with Crippen LogP contribution >= 0.6 is 11.6 Å². The van der Waals surface area contributed by atoms with Crippen LogP contribution in [0.5, 0.6) is 5.75 Å². The number of nitrogens with one attached hydrogen (secondary N) is 2. The van der Waals surface area contributed by atoms with E-state index in [1.54, 1.807) is 12.3 Å². The highest BCUT2D eigenvalue weighted by molar-refractivity contribution is 6.31. The molecule has 41 heavy (non-hydrogen) atoms. The van der Waals surface area contributed by atoms with Gasteiger partial charge >= 0.3 is 0 Å². The maximum Gasteiger partial charge on any atom is 0.267 e. The second-order valence-electron chi connectivity index (χ2n) is 11.4. The van der Waals surface area contributed by atoms with Crippen LogP contribution in [0.25, 0.3) is 21.9 Å². The van der Waals surface area contributed by atoms with Crippen LogP contribution in [-0.2, 0) is 6.61 Å². The molecule has 4 heterocycles. The van der Waals surface area contributed by atoms with Crippen LogP contribution in [0.1, 0.15) is 42.2 Å². The average molecular weight is 581 g/mol. The lowest BCUT2D eigenvalue weighted by molar-refractivity contribution is -0.0509. The molecule has 0 spiro atoms. The van der Waals surface area contributed by atoms with Crippen molar-refractivity contribution in [2.75, 3.05) is 32.7 Å². The summed E-state index contributed by atoms with van der Waals surface area (Å²) < 4.78 is 11.8. The Hall–Kier alpha value is -3.08. The van der Waals surface area contributed by atoms with E-state index in [2.05, 4.69) is 27.0 Å². The van der Waals surface area contributed by atoms with Gasteiger partial charge < -0.3 is 34.6 Å². The van der Waals surface area contributed by atoms with E-state index in [1.165, 1.54) is 0 Å². The number of carbonyl (C=O) groups excluding carboxylic acids is 1. The summed E-state index contributed by atoms with van der Waals surface area (Å²) in [6.45, 7) is 6.55. The second kappa shape index (κ2) is 12.0. The van der Waals surface area contributed by atoms with Crippen molar-refractivity contribution in [2.45, 2.75) is 57.1 Å². The van der Waals surface area contributed by atoms with Crippen LogP contribution in [0.2, 0.25) is 5.02 Å². The number of hydrogen-bond acceptors (Lipinski definition) is 7. The molecule has 218 valence electrons. The maximum absolute atomic E-state index is 13.2. The fourth-order valence-electron chi connectivity index (χ4n) is 6.05. The SMILES string of the molecule is CC(CN1CCC(NC(=O)c2cc3c(OCc4coc5ccc(Cl)cc45)cccc3[nH]2)CC1)N1CCC(O)C(O)C1. The molecular weight excluding hydrogens is 544 g/mol. The number of piperidine rings is 2. The molecule has 6 rings (SSSR count). The smallest absolute Gasteiger partial charge is 0.267 e. The first kappa shape index (κ1) is 28.1. The minimum Gasteiger partial charge on any atom is -0.488 e. The van der Waals surface area contributed by atoms with Crippen molar-refractivity contribution in [3.8, 4) is 5.75 Å². The Morgan fingerprint density at radius 1 is 1.12 bits per heavy atom. The van der Waals surface area contributed by atoms with Crippen LogP contribution in [0.15, 0.2) is 53.1 Å². The van der Waals surface area contributed by atoms with Gasteiger partial charge in [0, 0.05) is 71.7 Å². The first-order valence-electron chi connectivity index (χ1n) is 14.4. The van der Waals surface area contributed by atoms with Gasteiger partial charge in [-0.3, -0.25) is 9.69 Å². The van der Waals surface area contributed by atoms with Crippen molar-refractivity contribution in [3.05, 3.63) is 65.0 Å². The third-order valence-corrected chi connectivity index (χ3v) is 8.75. The number of aromatic amines is 1. The molecule has 2 aliphatic heterocycles. The number of fused-ring (bicyclic) bond motifs is 2. The van der Waals surface area contributed by atoms with Crippen molar-refractivity contribution >= 4 is 39.4 Å². The van der Waals surface area contributed by atoms with E-state index in [0.29, 0.717) is 42.1 Å². The zero-order chi connectivity index (χ0) is 28.5. The summed E-state index contributed by atoms with van der Waals surface area (Å²) >= 11 is 6.17. The molecule has 2 saturated heterocycles. The standard InChI is InChI=1S/C31H37ClN4O5/c1-19(36-12-9-27(37)28(38)16-36)15-35-10-7-22(8-11-35)33-31(39)26-14-24-25(34-26)3-2-4-29(24)40-17-20-18-41-30-6-5-21(32)13-23(20)30/h2-6,13-14,18-19,22,27-28,34,37-38H,7-12,15-17H2,1H3,(H,33,39). The number of aliphatic hydroxyl groups is 2. The number of ether oxygens (including phenoxy) is 1. The van der Waals surface area contributed by atoms with E-state index in [4.69, 9.17) is 20.8 Å². The van der Waals surface area contributed by atoms with Gasteiger partial charge in [0.25, 0.3) is 5.91 Å². The largest absolute Gasteiger partial charge is 0.488 e. The minimum absolute atomic E-state index is 0.115. The molecule has 2 aliphatic rings. The Kier molecular flexibility index (Phi) is 8.23. The molecule has 3 unspecified atom stereocenters. The van der Waals surface area contributed by atoms with E-state index in [9.17, 15) is 15.0 Å². The monoisotopic (exact) mass is 580 g/mol. The predicted molar refractivity (Wildman–Crippen MR) is 158 cm³/mol. The maximum atomic E-state index is 13.2. The van der Waals surface area contributed by atoms with Gasteiger partial charge in [0.05, 0.1) is 18.5 Å². The Morgan fingerprint density at radius 2 is 1.95 bits per heavy atom. The molecular formula is C31H37ClN4O5. The van der Waals surface area contributed by atoms with Gasteiger partial charge in [-0.1, -0.05) is 17.7 Å². The Bertz CT molecular complexity index is 1510. The van der Waals surface area contributed by atoms with E-state index < -0.39 is 12.2 Å². The van der Waals surface area contributed by atoms with Crippen molar-refractivity contribution in [1.82, 2.24) is 20.1 Å². The second-order valence-corrected chi connectivity index (χ2v) is 11.8. The first-order valence-corrected chi connectivity index (χ1v) is 14.8. The number of halogens is 1. The number of benzene rings is 2. The van der Waals surface area contributed by atoms with Gasteiger partial charge in [-0.2, -0.15) is 0 Å². The fourth-order valence-corrected chi connectivity index (χ4v) is 6.23. The third-order valence-electron chi connectivity index (χ3n) is 8.51. The molecule has 2 aromatic carbocycles. The number of furan rings is 1. The Labute approximate surface area is 244 Å². The first-order chi connectivity index (χ1) is 19.8. The van der Waals surface area contributed by atoms with Crippen LogP contribution in [0.4, 0.5) is 0 Å². The van der Waals surface area contributed by atoms with Crippen LogP contribution < -0.4 is 10.1 Å². The molecule has 0 bridgehead atoms. The van der Waals surface area contributed by atoms with Crippen LogP contribution in [-0.4, -0.2) is 87.9 Å². The molecule has 4 N–H and O–H groups in total. The Morgan fingerprint density at radius 3 is 2.76 bits per heavy atom. The van der Waals surface area contributed by atoms with Gasteiger partial charge in [-0.15, -0.1) is 0 Å². The summed E-state index contributed by atoms with van der Waals surface area (Å²) in [5.41, 5.74) is 3.01. The lowest BCUT2D eigenvalue weighted by atomic mass is 10.0. The predicted octanol–water partition coefficient (Wildman–Crippen LogP) is 4.16. The highest BCUT2D eigenvalue weighted by Gasteiger charge is 2.30. The fraction of sp³-hybridized carbons (Fsp3) is 0.452. The Balaban J connectivity index is 1.03. The highest BCUT2D eigenvalue weighted by atomic mass is 35.5. The lowest BCUT2D eigenvalue weighted by Gasteiger charge is -2.40. The number of H-pyrrole nitrogens is 1. The number of nitrogens with zero attached hydrogens (tertiary/aromatic N) is 2. The summed E-state index contributed by atoms with van der Waals surface area (Å²) in [5, 5.41) is 25.4. The summed E-state index contributed by atoms with van der Waals surface area (Å²) in [5.74, 6) is 0.572. The molecule has 3 atom stereocenters. The summed E-state index contributed by atoms with van der Waals surface area (Å²) in [4.78, 5) is 21.1. The molecule has 2 fully saturated rings. The van der Waals surface area contributed by atoms with Gasteiger partial charge in [-0.05, 0) is 62.6 Å². The highest BCUT2D eigenvalue weighted by Crippen LogP contribution is 2.30. The average Bonchev–Trinajstić information content (AvgIpc) is 3.59. The normalized spacial score (nSPS) is 21.9.